The van der Waals surface area contributed by atoms with Gasteiger partial charge in [0.2, 0.25) is 5.95 Å². The van der Waals surface area contributed by atoms with Crippen LogP contribution in [0.3, 0.4) is 0 Å². The van der Waals surface area contributed by atoms with Crippen LogP contribution in [0.5, 0.6) is 0 Å². The molecule has 28 heavy (non-hydrogen) atoms. The second kappa shape index (κ2) is 8.14. The highest BCUT2D eigenvalue weighted by Crippen LogP contribution is 2.28. The maximum Gasteiger partial charge on any atom is 0.227 e. The van der Waals surface area contributed by atoms with Crippen LogP contribution in [0, 0.1) is 0 Å². The number of rotatable bonds is 6. The predicted molar refractivity (Wildman–Crippen MR) is 114 cm³/mol. The van der Waals surface area contributed by atoms with Crippen molar-refractivity contribution in [1.82, 2.24) is 19.5 Å². The average molecular weight is 380 g/mol. The number of nitrogens with zero attached hydrogens (tertiary/aromatic N) is 4. The molecule has 4 N–H and O–H groups in total. The number of fused-ring (bicyclic) bond motifs is 1. The van der Waals surface area contributed by atoms with E-state index in [9.17, 15) is 0 Å². The van der Waals surface area contributed by atoms with Crippen LogP contribution < -0.4 is 16.4 Å². The lowest BCUT2D eigenvalue weighted by Crippen LogP contribution is -2.33. The molecule has 1 fully saturated rings. The fraction of sp³-hybridized carbons (Fsp3) is 0.476. The summed E-state index contributed by atoms with van der Waals surface area (Å²) in [5, 5.41) is 6.95. The summed E-state index contributed by atoms with van der Waals surface area (Å²) < 4.78 is 2.13. The summed E-state index contributed by atoms with van der Waals surface area (Å²) in [5.74, 6) is 1.38. The average Bonchev–Trinajstić information content (AvgIpc) is 3.14. The number of hydrogen-bond donors (Lipinski definition) is 3. The normalized spacial score (nSPS) is 20.8. The van der Waals surface area contributed by atoms with Gasteiger partial charge in [0.25, 0.3) is 0 Å². The van der Waals surface area contributed by atoms with Crippen LogP contribution in [0.2, 0.25) is 0 Å². The first-order valence-electron chi connectivity index (χ1n) is 10.2. The van der Waals surface area contributed by atoms with Gasteiger partial charge in [-0.2, -0.15) is 9.97 Å². The largest absolute Gasteiger partial charge is 0.351 e. The van der Waals surface area contributed by atoms with Crippen molar-refractivity contribution in [2.45, 2.75) is 64.1 Å². The Morgan fingerprint density at radius 1 is 1.14 bits per heavy atom. The highest BCUT2D eigenvalue weighted by Gasteiger charge is 2.21. The number of nitrogens with one attached hydrogen (secondary N) is 2. The Hall–Kier alpha value is -2.67. The van der Waals surface area contributed by atoms with Crippen LogP contribution in [-0.4, -0.2) is 31.6 Å². The van der Waals surface area contributed by atoms with Crippen molar-refractivity contribution >= 4 is 28.6 Å². The number of aromatic nitrogens is 4. The number of hydrogen-bond acceptors (Lipinski definition) is 6. The molecule has 2 heterocycles. The van der Waals surface area contributed by atoms with Gasteiger partial charge in [-0.05, 0) is 51.2 Å². The van der Waals surface area contributed by atoms with Gasteiger partial charge in [-0.15, -0.1) is 0 Å². The van der Waals surface area contributed by atoms with Gasteiger partial charge in [0.05, 0.1) is 6.33 Å². The molecule has 148 valence electrons. The van der Waals surface area contributed by atoms with Gasteiger partial charge >= 0.3 is 0 Å². The molecular formula is C21H29N7. The molecule has 7 heteroatoms. The van der Waals surface area contributed by atoms with Crippen LogP contribution in [0.4, 0.5) is 17.5 Å². The lowest BCUT2D eigenvalue weighted by molar-refractivity contribution is 0.410. The quantitative estimate of drug-likeness (QED) is 0.594. The van der Waals surface area contributed by atoms with Gasteiger partial charge < -0.3 is 20.9 Å². The number of imidazole rings is 1. The molecule has 7 nitrogen and oxygen atoms in total. The molecular weight excluding hydrogens is 350 g/mol. The summed E-state index contributed by atoms with van der Waals surface area (Å²) in [6, 6.07) is 11.1. The molecule has 0 radical (unpaired) electrons. The third kappa shape index (κ3) is 3.94. The standard InChI is InChI=1S/C21H29N7/c1-3-14(2)28-13-23-18-19(24-16-7-5-4-6-8-16)26-21(27-20(18)28)25-17-11-9-15(22)10-12-17/h4-8,13-15,17H,3,9-12,22H2,1-2H3,(H2,24,25,26,27). The second-order valence-electron chi connectivity index (χ2n) is 7.72. The minimum atomic E-state index is 0.323. The molecule has 1 aromatic carbocycles. The number of anilines is 3. The first-order valence-corrected chi connectivity index (χ1v) is 10.2. The van der Waals surface area contributed by atoms with Gasteiger partial charge in [-0.25, -0.2) is 4.98 Å². The van der Waals surface area contributed by atoms with Crippen molar-refractivity contribution in [3.05, 3.63) is 36.7 Å². The van der Waals surface area contributed by atoms with Crippen LogP contribution in [0.15, 0.2) is 36.7 Å². The van der Waals surface area contributed by atoms with Gasteiger partial charge in [0, 0.05) is 23.8 Å². The molecule has 1 unspecified atom stereocenters. The van der Waals surface area contributed by atoms with Gasteiger partial charge in [-0.1, -0.05) is 25.1 Å². The van der Waals surface area contributed by atoms with E-state index < -0.39 is 0 Å². The maximum absolute atomic E-state index is 6.05. The minimum absolute atomic E-state index is 0.323. The fourth-order valence-corrected chi connectivity index (χ4v) is 3.69. The van der Waals surface area contributed by atoms with E-state index in [4.69, 9.17) is 15.7 Å². The molecule has 1 saturated carbocycles. The lowest BCUT2D eigenvalue weighted by Gasteiger charge is -2.27. The summed E-state index contributed by atoms with van der Waals surface area (Å²) in [6.07, 6.45) is 7.07. The van der Waals surface area contributed by atoms with Gasteiger partial charge in [-0.3, -0.25) is 0 Å². The maximum atomic E-state index is 6.05. The lowest BCUT2D eigenvalue weighted by atomic mass is 9.92. The number of para-hydroxylation sites is 1. The smallest absolute Gasteiger partial charge is 0.227 e. The molecule has 0 amide bonds. The minimum Gasteiger partial charge on any atom is -0.351 e. The van der Waals surface area contributed by atoms with E-state index in [-0.39, 0.29) is 0 Å². The Labute approximate surface area is 165 Å². The molecule has 2 aromatic heterocycles. The van der Waals surface area contributed by atoms with E-state index in [0.29, 0.717) is 24.1 Å². The highest BCUT2D eigenvalue weighted by molar-refractivity contribution is 5.86. The third-order valence-corrected chi connectivity index (χ3v) is 5.63. The number of nitrogens with two attached hydrogens (primary N) is 1. The van der Waals surface area contributed by atoms with Crippen LogP contribution in [-0.2, 0) is 0 Å². The van der Waals surface area contributed by atoms with E-state index in [1.54, 1.807) is 0 Å². The molecule has 0 spiro atoms. The van der Waals surface area contributed by atoms with Crippen molar-refractivity contribution in [2.24, 2.45) is 5.73 Å². The number of benzene rings is 1. The van der Waals surface area contributed by atoms with Crippen LogP contribution in [0.1, 0.15) is 52.0 Å². The van der Waals surface area contributed by atoms with Crippen molar-refractivity contribution in [1.29, 1.82) is 0 Å². The van der Waals surface area contributed by atoms with Crippen molar-refractivity contribution in [3.8, 4) is 0 Å². The Morgan fingerprint density at radius 2 is 1.89 bits per heavy atom. The Balaban J connectivity index is 1.70. The Morgan fingerprint density at radius 3 is 2.61 bits per heavy atom. The zero-order valence-corrected chi connectivity index (χ0v) is 16.6. The highest BCUT2D eigenvalue weighted by atomic mass is 15.2. The van der Waals surface area contributed by atoms with Gasteiger partial charge in [0.1, 0.15) is 0 Å². The monoisotopic (exact) mass is 379 g/mol. The topological polar surface area (TPSA) is 93.7 Å². The molecule has 1 aliphatic rings. The third-order valence-electron chi connectivity index (χ3n) is 5.63. The van der Waals surface area contributed by atoms with Gasteiger partial charge in [0.15, 0.2) is 17.0 Å². The van der Waals surface area contributed by atoms with E-state index >= 15 is 0 Å². The molecule has 1 aliphatic carbocycles. The van der Waals surface area contributed by atoms with Crippen molar-refractivity contribution < 1.29 is 0 Å². The molecule has 3 aromatic rings. The zero-order valence-electron chi connectivity index (χ0n) is 16.6. The van der Waals surface area contributed by atoms with Crippen LogP contribution in [0.25, 0.3) is 11.2 Å². The van der Waals surface area contributed by atoms with Crippen LogP contribution >= 0.6 is 0 Å². The van der Waals surface area contributed by atoms with E-state index in [0.717, 1.165) is 54.8 Å². The second-order valence-corrected chi connectivity index (χ2v) is 7.72. The molecule has 0 aliphatic heterocycles. The zero-order chi connectivity index (χ0) is 19.5. The summed E-state index contributed by atoms with van der Waals surface area (Å²) >= 11 is 0. The summed E-state index contributed by atoms with van der Waals surface area (Å²) in [7, 11) is 0. The Kier molecular flexibility index (Phi) is 5.43. The predicted octanol–water partition coefficient (Wildman–Crippen LogP) is 4.22. The molecule has 4 rings (SSSR count). The first kappa shape index (κ1) is 18.7. The molecule has 1 atom stereocenters. The Bertz CT molecular complexity index is 913. The molecule has 0 bridgehead atoms. The van der Waals surface area contributed by atoms with Crippen molar-refractivity contribution in [2.75, 3.05) is 10.6 Å². The first-order chi connectivity index (χ1) is 13.6. The van der Waals surface area contributed by atoms with E-state index in [1.165, 1.54) is 0 Å². The SMILES string of the molecule is CCC(C)n1cnc2c(Nc3ccccc3)nc(NC3CCC(N)CC3)nc21. The van der Waals surface area contributed by atoms with Crippen molar-refractivity contribution in [3.63, 3.8) is 0 Å². The summed E-state index contributed by atoms with van der Waals surface area (Å²) in [4.78, 5) is 14.2. The summed E-state index contributed by atoms with van der Waals surface area (Å²) in [5.41, 5.74) is 8.68. The van der Waals surface area contributed by atoms with E-state index in [2.05, 4.69) is 34.0 Å². The molecule has 0 saturated heterocycles. The fourth-order valence-electron chi connectivity index (χ4n) is 3.69. The van der Waals surface area contributed by atoms with E-state index in [1.807, 2.05) is 36.7 Å². The summed E-state index contributed by atoms with van der Waals surface area (Å²) in [6.45, 7) is 4.36.